The van der Waals surface area contributed by atoms with Crippen LogP contribution < -0.4 is 5.32 Å². The number of hydrogen-bond donors (Lipinski definition) is 1. The molecule has 96 valence electrons. The fourth-order valence-corrected chi connectivity index (χ4v) is 1.92. The van der Waals surface area contributed by atoms with E-state index in [1.807, 2.05) is 0 Å². The third-order valence-corrected chi connectivity index (χ3v) is 3.00. The summed E-state index contributed by atoms with van der Waals surface area (Å²) in [5.74, 6) is 0.356. The standard InChI is InChI=1S/C12H16N4O2/c1-12(2)4-10(17)16(11(12)18)7-8-5-15-9(13-3)6-14-8/h5-6H,4,7H2,1-3H3,(H,13,15). The molecular weight excluding hydrogens is 232 g/mol. The van der Waals surface area contributed by atoms with Crippen LogP contribution in [0.5, 0.6) is 0 Å². The van der Waals surface area contributed by atoms with Gasteiger partial charge in [0, 0.05) is 13.5 Å². The molecular formula is C12H16N4O2. The van der Waals surface area contributed by atoms with Gasteiger partial charge in [0.15, 0.2) is 0 Å². The highest BCUT2D eigenvalue weighted by Gasteiger charge is 2.44. The Kier molecular flexibility index (Phi) is 3.02. The zero-order valence-corrected chi connectivity index (χ0v) is 10.7. The SMILES string of the molecule is CNc1cnc(CN2C(=O)CC(C)(C)C2=O)cn1. The second kappa shape index (κ2) is 4.36. The van der Waals surface area contributed by atoms with Crippen LogP contribution in [-0.4, -0.2) is 33.7 Å². The summed E-state index contributed by atoms with van der Waals surface area (Å²) in [7, 11) is 1.75. The first-order valence-corrected chi connectivity index (χ1v) is 5.77. The minimum atomic E-state index is -0.602. The number of aromatic nitrogens is 2. The molecule has 6 nitrogen and oxygen atoms in total. The van der Waals surface area contributed by atoms with Crippen molar-refractivity contribution in [2.24, 2.45) is 5.41 Å². The number of nitrogens with zero attached hydrogens (tertiary/aromatic N) is 3. The molecule has 1 aliphatic heterocycles. The van der Waals surface area contributed by atoms with Crippen LogP contribution in [0, 0.1) is 5.41 Å². The fourth-order valence-electron chi connectivity index (χ4n) is 1.92. The molecule has 6 heteroatoms. The summed E-state index contributed by atoms with van der Waals surface area (Å²) in [5.41, 5.74) is 0.00324. The Morgan fingerprint density at radius 1 is 1.33 bits per heavy atom. The van der Waals surface area contributed by atoms with Gasteiger partial charge >= 0.3 is 0 Å². The van der Waals surface area contributed by atoms with Gasteiger partial charge in [0.1, 0.15) is 5.82 Å². The zero-order valence-electron chi connectivity index (χ0n) is 10.7. The van der Waals surface area contributed by atoms with Crippen LogP contribution in [-0.2, 0) is 16.1 Å². The second-order valence-electron chi connectivity index (χ2n) is 4.99. The van der Waals surface area contributed by atoms with Crippen LogP contribution in [0.1, 0.15) is 26.0 Å². The van der Waals surface area contributed by atoms with Gasteiger partial charge in [-0.25, -0.2) is 4.98 Å². The Balaban J connectivity index is 2.14. The topological polar surface area (TPSA) is 75.2 Å². The molecule has 0 bridgehead atoms. The van der Waals surface area contributed by atoms with Gasteiger partial charge in [0.25, 0.3) is 0 Å². The molecule has 1 aromatic rings. The molecule has 0 aliphatic carbocycles. The fraction of sp³-hybridized carbons (Fsp3) is 0.500. The Morgan fingerprint density at radius 2 is 2.06 bits per heavy atom. The summed E-state index contributed by atoms with van der Waals surface area (Å²) in [6.45, 7) is 3.75. The average Bonchev–Trinajstić information content (AvgIpc) is 2.52. The minimum absolute atomic E-state index is 0.146. The van der Waals surface area contributed by atoms with E-state index in [1.54, 1.807) is 33.3 Å². The van der Waals surface area contributed by atoms with Gasteiger partial charge in [-0.2, -0.15) is 0 Å². The van der Waals surface area contributed by atoms with Crippen molar-refractivity contribution in [3.05, 3.63) is 18.1 Å². The molecule has 0 spiro atoms. The van der Waals surface area contributed by atoms with E-state index in [0.717, 1.165) is 0 Å². The van der Waals surface area contributed by atoms with Crippen molar-refractivity contribution in [2.45, 2.75) is 26.8 Å². The van der Waals surface area contributed by atoms with E-state index in [1.165, 1.54) is 4.90 Å². The van der Waals surface area contributed by atoms with E-state index < -0.39 is 5.41 Å². The Morgan fingerprint density at radius 3 is 2.50 bits per heavy atom. The highest BCUT2D eigenvalue weighted by Crippen LogP contribution is 2.32. The maximum absolute atomic E-state index is 12.0. The number of amides is 2. The van der Waals surface area contributed by atoms with Crippen molar-refractivity contribution in [1.29, 1.82) is 0 Å². The molecule has 0 radical (unpaired) electrons. The summed E-state index contributed by atoms with van der Waals surface area (Å²) in [4.78, 5) is 33.3. The molecule has 1 fully saturated rings. The summed E-state index contributed by atoms with van der Waals surface area (Å²) >= 11 is 0. The van der Waals surface area contributed by atoms with Crippen LogP contribution in [0.2, 0.25) is 0 Å². The quantitative estimate of drug-likeness (QED) is 0.801. The lowest BCUT2D eigenvalue weighted by Crippen LogP contribution is -2.32. The molecule has 2 amide bonds. The van der Waals surface area contributed by atoms with Crippen molar-refractivity contribution in [3.63, 3.8) is 0 Å². The van der Waals surface area contributed by atoms with Gasteiger partial charge in [-0.1, -0.05) is 13.8 Å². The van der Waals surface area contributed by atoms with Crippen molar-refractivity contribution in [2.75, 3.05) is 12.4 Å². The molecule has 1 N–H and O–H groups in total. The number of carbonyl (C=O) groups is 2. The first kappa shape index (κ1) is 12.5. The number of nitrogens with one attached hydrogen (secondary N) is 1. The van der Waals surface area contributed by atoms with E-state index in [0.29, 0.717) is 11.5 Å². The third-order valence-electron chi connectivity index (χ3n) is 3.00. The minimum Gasteiger partial charge on any atom is -0.372 e. The molecule has 1 aliphatic rings. The number of imide groups is 1. The van der Waals surface area contributed by atoms with Crippen molar-refractivity contribution in [1.82, 2.24) is 14.9 Å². The summed E-state index contributed by atoms with van der Waals surface area (Å²) in [6, 6.07) is 0. The average molecular weight is 248 g/mol. The number of anilines is 1. The van der Waals surface area contributed by atoms with E-state index in [9.17, 15) is 9.59 Å². The maximum Gasteiger partial charge on any atom is 0.235 e. The van der Waals surface area contributed by atoms with Gasteiger partial charge in [-0.3, -0.25) is 19.5 Å². The third kappa shape index (κ3) is 2.18. The number of hydrogen-bond acceptors (Lipinski definition) is 5. The van der Waals surface area contributed by atoms with E-state index in [-0.39, 0.29) is 24.8 Å². The molecule has 1 aromatic heterocycles. The molecule has 0 aromatic carbocycles. The molecule has 0 unspecified atom stereocenters. The molecule has 2 heterocycles. The number of carbonyl (C=O) groups excluding carboxylic acids is 2. The lowest BCUT2D eigenvalue weighted by atomic mass is 9.92. The summed E-state index contributed by atoms with van der Waals surface area (Å²) < 4.78 is 0. The number of likely N-dealkylation sites (tertiary alicyclic amines) is 1. The normalized spacial score (nSPS) is 18.3. The Hall–Kier alpha value is -1.98. The predicted octanol–water partition coefficient (Wildman–Crippen LogP) is 0.803. The highest BCUT2D eigenvalue weighted by atomic mass is 16.2. The van der Waals surface area contributed by atoms with Gasteiger partial charge in [0.2, 0.25) is 11.8 Å². The molecule has 0 atom stereocenters. The van der Waals surface area contributed by atoms with Gasteiger partial charge in [-0.05, 0) is 0 Å². The highest BCUT2D eigenvalue weighted by molar-refractivity contribution is 6.05. The Labute approximate surface area is 105 Å². The van der Waals surface area contributed by atoms with Gasteiger partial charge in [0.05, 0.1) is 30.0 Å². The molecule has 18 heavy (non-hydrogen) atoms. The second-order valence-corrected chi connectivity index (χ2v) is 4.99. The summed E-state index contributed by atoms with van der Waals surface area (Å²) in [6.07, 6.45) is 3.40. The van der Waals surface area contributed by atoms with E-state index in [2.05, 4.69) is 15.3 Å². The first-order chi connectivity index (χ1) is 8.44. The zero-order chi connectivity index (χ0) is 13.3. The lowest BCUT2D eigenvalue weighted by molar-refractivity contribution is -0.141. The predicted molar refractivity (Wildman–Crippen MR) is 65.5 cm³/mol. The van der Waals surface area contributed by atoms with Crippen molar-refractivity contribution < 1.29 is 9.59 Å². The van der Waals surface area contributed by atoms with Crippen molar-refractivity contribution >= 4 is 17.6 Å². The van der Waals surface area contributed by atoms with Crippen molar-refractivity contribution in [3.8, 4) is 0 Å². The van der Waals surface area contributed by atoms with Gasteiger partial charge < -0.3 is 5.32 Å². The van der Waals surface area contributed by atoms with Crippen LogP contribution in [0.15, 0.2) is 12.4 Å². The van der Waals surface area contributed by atoms with Crippen LogP contribution >= 0.6 is 0 Å². The maximum atomic E-state index is 12.0. The van der Waals surface area contributed by atoms with Crippen LogP contribution in [0.25, 0.3) is 0 Å². The van der Waals surface area contributed by atoms with E-state index in [4.69, 9.17) is 0 Å². The van der Waals surface area contributed by atoms with E-state index >= 15 is 0 Å². The first-order valence-electron chi connectivity index (χ1n) is 5.77. The van der Waals surface area contributed by atoms with Crippen LogP contribution in [0.4, 0.5) is 5.82 Å². The molecule has 2 rings (SSSR count). The van der Waals surface area contributed by atoms with Gasteiger partial charge in [-0.15, -0.1) is 0 Å². The largest absolute Gasteiger partial charge is 0.372 e. The summed E-state index contributed by atoms with van der Waals surface area (Å²) in [5, 5.41) is 2.86. The Bertz CT molecular complexity index is 481. The smallest absolute Gasteiger partial charge is 0.235 e. The monoisotopic (exact) mass is 248 g/mol. The molecule has 1 saturated heterocycles. The lowest BCUT2D eigenvalue weighted by Gasteiger charge is -2.17. The number of rotatable bonds is 3. The molecule has 0 saturated carbocycles. The van der Waals surface area contributed by atoms with Crippen LogP contribution in [0.3, 0.4) is 0 Å².